The van der Waals surface area contributed by atoms with Crippen molar-refractivity contribution in [3.63, 3.8) is 0 Å². The minimum atomic E-state index is -0.538. The van der Waals surface area contributed by atoms with Crippen molar-refractivity contribution in [1.82, 2.24) is 0 Å². The summed E-state index contributed by atoms with van der Waals surface area (Å²) in [5.41, 5.74) is 0.864. The van der Waals surface area contributed by atoms with Gasteiger partial charge in [-0.05, 0) is 24.6 Å². The summed E-state index contributed by atoms with van der Waals surface area (Å²) < 4.78 is 4.96. The average Bonchev–Trinajstić information content (AvgIpc) is 2.16. The third-order valence-corrected chi connectivity index (χ3v) is 1.72. The predicted molar refractivity (Wildman–Crippen MR) is 57.5 cm³/mol. The van der Waals surface area contributed by atoms with Gasteiger partial charge in [-0.25, -0.2) is 0 Å². The average molecular weight is 204 g/mol. The molecule has 0 unspecified atom stereocenters. The van der Waals surface area contributed by atoms with Gasteiger partial charge in [-0.1, -0.05) is 24.8 Å². The molecule has 0 saturated heterocycles. The van der Waals surface area contributed by atoms with Crippen molar-refractivity contribution in [2.45, 2.75) is 13.3 Å². The van der Waals surface area contributed by atoms with Gasteiger partial charge in [0.05, 0.1) is 0 Å². The van der Waals surface area contributed by atoms with Crippen LogP contribution in [0.3, 0.4) is 0 Å². The monoisotopic (exact) mass is 204 g/mol. The van der Waals surface area contributed by atoms with Crippen LogP contribution in [0.2, 0.25) is 0 Å². The minimum Gasteiger partial charge on any atom is -0.426 e. The van der Waals surface area contributed by atoms with Gasteiger partial charge in [0.1, 0.15) is 18.0 Å². The highest BCUT2D eigenvalue weighted by atomic mass is 16.5. The van der Waals surface area contributed by atoms with Crippen LogP contribution in [0, 0.1) is 0 Å². The van der Waals surface area contributed by atoms with E-state index in [1.165, 1.54) is 6.92 Å². The van der Waals surface area contributed by atoms with E-state index in [-0.39, 0.29) is 12.2 Å². The molecule has 0 heterocycles. The molecule has 1 rings (SSSR count). The first-order chi connectivity index (χ1) is 7.11. The predicted octanol–water partition coefficient (Wildman–Crippen LogP) is 2.21. The van der Waals surface area contributed by atoms with Gasteiger partial charge in [-0.3, -0.25) is 9.59 Å². The standard InChI is InChI=1S/C12H12O3/c1-3-10-5-4-6-11(8-10)15-12(14)7-9(2)13/h3-6,8H,1,7H2,2H3. The molecule has 1 aromatic rings. The van der Waals surface area contributed by atoms with Crippen LogP contribution in [0.4, 0.5) is 0 Å². The summed E-state index contributed by atoms with van der Waals surface area (Å²) in [5.74, 6) is -0.317. The van der Waals surface area contributed by atoms with Gasteiger partial charge in [0.15, 0.2) is 0 Å². The van der Waals surface area contributed by atoms with E-state index < -0.39 is 5.97 Å². The Morgan fingerprint density at radius 1 is 1.47 bits per heavy atom. The molecule has 0 aromatic heterocycles. The molecule has 0 saturated carbocycles. The zero-order valence-corrected chi connectivity index (χ0v) is 8.53. The van der Waals surface area contributed by atoms with Crippen molar-refractivity contribution in [1.29, 1.82) is 0 Å². The Hall–Kier alpha value is -1.90. The second-order valence-corrected chi connectivity index (χ2v) is 3.13. The second kappa shape index (κ2) is 5.10. The normalized spacial score (nSPS) is 9.40. The molecule has 0 aliphatic rings. The van der Waals surface area contributed by atoms with Crippen LogP contribution in [0.5, 0.6) is 5.75 Å². The van der Waals surface area contributed by atoms with Crippen molar-refractivity contribution < 1.29 is 14.3 Å². The van der Waals surface area contributed by atoms with E-state index in [0.717, 1.165) is 5.56 Å². The molecular formula is C12H12O3. The summed E-state index contributed by atoms with van der Waals surface area (Å²) in [5, 5.41) is 0. The Labute approximate surface area is 88.4 Å². The largest absolute Gasteiger partial charge is 0.426 e. The Morgan fingerprint density at radius 2 is 2.20 bits per heavy atom. The maximum atomic E-state index is 11.2. The molecule has 78 valence electrons. The fourth-order valence-corrected chi connectivity index (χ4v) is 1.08. The fraction of sp³-hybridized carbons (Fsp3) is 0.167. The molecule has 15 heavy (non-hydrogen) atoms. The van der Waals surface area contributed by atoms with Crippen LogP contribution in [-0.4, -0.2) is 11.8 Å². The van der Waals surface area contributed by atoms with E-state index in [2.05, 4.69) is 6.58 Å². The molecule has 0 spiro atoms. The lowest BCUT2D eigenvalue weighted by Gasteiger charge is -2.03. The summed E-state index contributed by atoms with van der Waals surface area (Å²) >= 11 is 0. The summed E-state index contributed by atoms with van der Waals surface area (Å²) in [4.78, 5) is 21.8. The number of carbonyl (C=O) groups is 2. The Balaban J connectivity index is 2.67. The van der Waals surface area contributed by atoms with E-state index in [1.807, 2.05) is 6.07 Å². The lowest BCUT2D eigenvalue weighted by Crippen LogP contribution is -2.11. The van der Waals surface area contributed by atoms with Crippen LogP contribution in [0.1, 0.15) is 18.9 Å². The molecule has 0 amide bonds. The first-order valence-corrected chi connectivity index (χ1v) is 4.54. The van der Waals surface area contributed by atoms with Crippen molar-refractivity contribution >= 4 is 17.8 Å². The second-order valence-electron chi connectivity index (χ2n) is 3.13. The van der Waals surface area contributed by atoms with E-state index in [4.69, 9.17) is 4.74 Å². The van der Waals surface area contributed by atoms with Gasteiger partial charge in [-0.15, -0.1) is 0 Å². The van der Waals surface area contributed by atoms with Crippen LogP contribution >= 0.6 is 0 Å². The summed E-state index contributed by atoms with van der Waals surface area (Å²) in [6.07, 6.45) is 1.46. The SMILES string of the molecule is C=Cc1cccc(OC(=O)CC(C)=O)c1. The van der Waals surface area contributed by atoms with Crippen molar-refractivity contribution in [2.75, 3.05) is 0 Å². The molecule has 3 heteroatoms. The lowest BCUT2D eigenvalue weighted by atomic mass is 10.2. The van der Waals surface area contributed by atoms with Gasteiger partial charge in [0, 0.05) is 0 Å². The molecule has 0 fully saturated rings. The highest BCUT2D eigenvalue weighted by Gasteiger charge is 2.07. The van der Waals surface area contributed by atoms with Crippen molar-refractivity contribution in [2.24, 2.45) is 0 Å². The number of rotatable bonds is 4. The molecule has 0 atom stereocenters. The van der Waals surface area contributed by atoms with Gasteiger partial charge in [0.25, 0.3) is 0 Å². The number of ketones is 1. The van der Waals surface area contributed by atoms with E-state index in [1.54, 1.807) is 24.3 Å². The third kappa shape index (κ3) is 3.77. The molecule has 0 aliphatic heterocycles. The number of carbonyl (C=O) groups excluding carboxylic acids is 2. The molecule has 0 radical (unpaired) electrons. The highest BCUT2D eigenvalue weighted by molar-refractivity contribution is 5.94. The number of esters is 1. The zero-order chi connectivity index (χ0) is 11.3. The molecule has 0 N–H and O–H groups in total. The van der Waals surface area contributed by atoms with Gasteiger partial charge in [-0.2, -0.15) is 0 Å². The lowest BCUT2D eigenvalue weighted by molar-refractivity contribution is -0.137. The number of ether oxygens (including phenoxy) is 1. The third-order valence-electron chi connectivity index (χ3n) is 1.72. The van der Waals surface area contributed by atoms with Crippen LogP contribution in [0.15, 0.2) is 30.8 Å². The van der Waals surface area contributed by atoms with Gasteiger partial charge >= 0.3 is 5.97 Å². The minimum absolute atomic E-state index is 0.196. The fourth-order valence-electron chi connectivity index (χ4n) is 1.08. The molecule has 0 aliphatic carbocycles. The quantitative estimate of drug-likeness (QED) is 0.429. The summed E-state index contributed by atoms with van der Waals surface area (Å²) in [6, 6.07) is 6.94. The molecule has 3 nitrogen and oxygen atoms in total. The van der Waals surface area contributed by atoms with Gasteiger partial charge in [0.2, 0.25) is 0 Å². The van der Waals surface area contributed by atoms with Crippen LogP contribution < -0.4 is 4.74 Å². The van der Waals surface area contributed by atoms with Crippen LogP contribution in [0.25, 0.3) is 6.08 Å². The number of benzene rings is 1. The number of hydrogen-bond donors (Lipinski definition) is 0. The van der Waals surface area contributed by atoms with Crippen LogP contribution in [-0.2, 0) is 9.59 Å². The van der Waals surface area contributed by atoms with E-state index in [9.17, 15) is 9.59 Å². The summed E-state index contributed by atoms with van der Waals surface area (Å²) in [6.45, 7) is 4.95. The first kappa shape index (κ1) is 11.2. The highest BCUT2D eigenvalue weighted by Crippen LogP contribution is 2.14. The number of Topliss-reactive ketones (excluding diaryl/α,β-unsaturated/α-hetero) is 1. The topological polar surface area (TPSA) is 43.4 Å². The molecule has 0 bridgehead atoms. The Bertz CT molecular complexity index is 394. The zero-order valence-electron chi connectivity index (χ0n) is 8.53. The van der Waals surface area contributed by atoms with E-state index >= 15 is 0 Å². The number of hydrogen-bond acceptors (Lipinski definition) is 3. The maximum Gasteiger partial charge on any atom is 0.318 e. The van der Waals surface area contributed by atoms with Crippen molar-refractivity contribution in [3.05, 3.63) is 36.4 Å². The summed E-state index contributed by atoms with van der Waals surface area (Å²) in [7, 11) is 0. The van der Waals surface area contributed by atoms with E-state index in [0.29, 0.717) is 5.75 Å². The smallest absolute Gasteiger partial charge is 0.318 e. The maximum absolute atomic E-state index is 11.2. The first-order valence-electron chi connectivity index (χ1n) is 4.54. The molecular weight excluding hydrogens is 192 g/mol. The molecule has 1 aromatic carbocycles. The Kier molecular flexibility index (Phi) is 3.80. The van der Waals surface area contributed by atoms with Crippen molar-refractivity contribution in [3.8, 4) is 5.75 Å². The van der Waals surface area contributed by atoms with Gasteiger partial charge < -0.3 is 4.74 Å². The Morgan fingerprint density at radius 3 is 2.80 bits per heavy atom.